The molecular weight excluding hydrogens is 372 g/mol. The van der Waals surface area contributed by atoms with Crippen LogP contribution in [-0.2, 0) is 20.6 Å². The highest BCUT2D eigenvalue weighted by atomic mass is 35.5. The van der Waals surface area contributed by atoms with Gasteiger partial charge in [0.25, 0.3) is 0 Å². The Labute approximate surface area is 167 Å². The van der Waals surface area contributed by atoms with Crippen molar-refractivity contribution >= 4 is 22.6 Å². The minimum absolute atomic E-state index is 0.00513. The number of aryl methyl sites for hydroxylation is 2. The van der Waals surface area contributed by atoms with Crippen molar-refractivity contribution in [3.63, 3.8) is 0 Å². The number of imidazole rings is 2. The average Bonchev–Trinajstić information content (AvgIpc) is 3.42. The van der Waals surface area contributed by atoms with E-state index < -0.39 is 0 Å². The molecule has 0 bridgehead atoms. The fourth-order valence-corrected chi connectivity index (χ4v) is 4.24. The van der Waals surface area contributed by atoms with Crippen LogP contribution in [0.4, 0.5) is 0 Å². The van der Waals surface area contributed by atoms with Gasteiger partial charge in [0.15, 0.2) is 0 Å². The third kappa shape index (κ3) is 2.69. The topological polar surface area (TPSA) is 44.8 Å². The summed E-state index contributed by atoms with van der Waals surface area (Å²) in [7, 11) is 3.62. The molecule has 6 heteroatoms. The molecule has 1 aliphatic rings. The number of benzene rings is 2. The Hall–Kier alpha value is -2.79. The summed E-state index contributed by atoms with van der Waals surface area (Å²) in [6, 6.07) is 14.1. The molecule has 0 aliphatic heterocycles. The molecule has 2 aromatic carbocycles. The molecular formula is C22H21ClN4O. The molecule has 0 unspecified atom stereocenters. The highest BCUT2D eigenvalue weighted by molar-refractivity contribution is 6.33. The summed E-state index contributed by atoms with van der Waals surface area (Å²) in [5.41, 5.74) is 6.28. The molecule has 0 amide bonds. The zero-order valence-electron chi connectivity index (χ0n) is 15.9. The van der Waals surface area contributed by atoms with Crippen molar-refractivity contribution in [1.29, 1.82) is 0 Å². The second-order valence-electron chi connectivity index (χ2n) is 7.58. The maximum Gasteiger partial charge on any atom is 0.328 e. The van der Waals surface area contributed by atoms with E-state index in [-0.39, 0.29) is 5.69 Å². The van der Waals surface area contributed by atoms with Gasteiger partial charge in [0, 0.05) is 37.8 Å². The second-order valence-corrected chi connectivity index (χ2v) is 7.99. The molecule has 0 N–H and O–H groups in total. The van der Waals surface area contributed by atoms with E-state index >= 15 is 0 Å². The van der Waals surface area contributed by atoms with Crippen LogP contribution >= 0.6 is 11.6 Å². The third-order valence-corrected chi connectivity index (χ3v) is 5.99. The Morgan fingerprint density at radius 2 is 1.82 bits per heavy atom. The number of aromatic nitrogens is 4. The fourth-order valence-electron chi connectivity index (χ4n) is 4.01. The number of fused-ring (bicyclic) bond motifs is 1. The highest BCUT2D eigenvalue weighted by Crippen LogP contribution is 2.45. The van der Waals surface area contributed by atoms with Crippen LogP contribution in [-0.4, -0.2) is 18.7 Å². The van der Waals surface area contributed by atoms with E-state index in [1.807, 2.05) is 43.7 Å². The van der Waals surface area contributed by atoms with Gasteiger partial charge >= 0.3 is 5.69 Å². The number of hydrogen-bond donors (Lipinski definition) is 0. The van der Waals surface area contributed by atoms with Gasteiger partial charge in [0.05, 0.1) is 28.1 Å². The maximum atomic E-state index is 12.2. The highest BCUT2D eigenvalue weighted by Gasteiger charge is 2.31. The van der Waals surface area contributed by atoms with Crippen LogP contribution in [0.5, 0.6) is 0 Å². The molecule has 0 radical (unpaired) electrons. The van der Waals surface area contributed by atoms with E-state index in [1.165, 1.54) is 18.5 Å². The lowest BCUT2D eigenvalue weighted by Crippen LogP contribution is -2.19. The minimum Gasteiger partial charge on any atom is -0.329 e. The lowest BCUT2D eigenvalue weighted by atomic mass is 10.1. The lowest BCUT2D eigenvalue weighted by molar-refractivity contribution is 0.743. The van der Waals surface area contributed by atoms with Crippen molar-refractivity contribution in [1.82, 2.24) is 18.7 Å². The standard InChI is InChI=1S/C22H21ClN4O/c1-25-18-10-7-14(11-19(18)26(2)22(25)28)12-27-13-24-20(21(27)15-8-9-15)16-5-3-4-6-17(16)23/h3-7,10-11,13,15H,8-9,12H2,1-2H3. The van der Waals surface area contributed by atoms with Gasteiger partial charge in [-0.25, -0.2) is 9.78 Å². The van der Waals surface area contributed by atoms with Crippen molar-refractivity contribution < 1.29 is 0 Å². The normalized spacial score (nSPS) is 14.1. The van der Waals surface area contributed by atoms with Gasteiger partial charge < -0.3 is 4.57 Å². The summed E-state index contributed by atoms with van der Waals surface area (Å²) in [5.74, 6) is 0.540. The summed E-state index contributed by atoms with van der Waals surface area (Å²) >= 11 is 6.44. The van der Waals surface area contributed by atoms with E-state index in [9.17, 15) is 4.79 Å². The maximum absolute atomic E-state index is 12.2. The van der Waals surface area contributed by atoms with Crippen LogP contribution in [0.25, 0.3) is 22.3 Å². The smallest absolute Gasteiger partial charge is 0.328 e. The molecule has 28 heavy (non-hydrogen) atoms. The molecule has 2 heterocycles. The molecule has 0 atom stereocenters. The lowest BCUT2D eigenvalue weighted by Gasteiger charge is -2.11. The molecule has 1 fully saturated rings. The molecule has 2 aromatic heterocycles. The van der Waals surface area contributed by atoms with E-state index in [2.05, 4.69) is 16.7 Å². The van der Waals surface area contributed by atoms with Crippen LogP contribution in [0.2, 0.25) is 5.02 Å². The van der Waals surface area contributed by atoms with Crippen molar-refractivity contribution in [2.75, 3.05) is 0 Å². The van der Waals surface area contributed by atoms with E-state index in [1.54, 1.807) is 16.2 Å². The molecule has 1 aliphatic carbocycles. The molecule has 0 saturated heterocycles. The predicted octanol–water partition coefficient (Wildman–Crippen LogP) is 4.32. The Balaban J connectivity index is 1.58. The largest absolute Gasteiger partial charge is 0.329 e. The van der Waals surface area contributed by atoms with Gasteiger partial charge in [0.2, 0.25) is 0 Å². The van der Waals surface area contributed by atoms with Crippen LogP contribution in [0, 0.1) is 0 Å². The van der Waals surface area contributed by atoms with Gasteiger partial charge in [-0.15, -0.1) is 0 Å². The van der Waals surface area contributed by atoms with Crippen LogP contribution in [0.1, 0.15) is 30.0 Å². The first kappa shape index (κ1) is 17.3. The molecule has 5 nitrogen and oxygen atoms in total. The van der Waals surface area contributed by atoms with Gasteiger partial charge in [-0.2, -0.15) is 0 Å². The van der Waals surface area contributed by atoms with Crippen molar-refractivity contribution in [3.05, 3.63) is 75.6 Å². The Kier molecular flexibility index (Phi) is 3.95. The monoisotopic (exact) mass is 392 g/mol. The van der Waals surface area contributed by atoms with Crippen LogP contribution in [0.15, 0.2) is 53.6 Å². The van der Waals surface area contributed by atoms with Crippen LogP contribution in [0.3, 0.4) is 0 Å². The zero-order chi connectivity index (χ0) is 19.4. The van der Waals surface area contributed by atoms with Crippen molar-refractivity contribution in [2.45, 2.75) is 25.3 Å². The van der Waals surface area contributed by atoms with E-state index in [0.29, 0.717) is 5.92 Å². The predicted molar refractivity (Wildman–Crippen MR) is 112 cm³/mol. The summed E-state index contributed by atoms with van der Waals surface area (Å²) in [6.45, 7) is 0.725. The Bertz CT molecular complexity index is 1260. The first-order chi connectivity index (χ1) is 13.5. The second kappa shape index (κ2) is 6.38. The SMILES string of the molecule is Cn1c(=O)n(C)c2cc(Cn3cnc(-c4ccccc4Cl)c3C3CC3)ccc21. The molecule has 142 valence electrons. The zero-order valence-corrected chi connectivity index (χ0v) is 16.6. The van der Waals surface area contributed by atoms with Crippen molar-refractivity contribution in [3.8, 4) is 11.3 Å². The van der Waals surface area contributed by atoms with Gasteiger partial charge in [-0.1, -0.05) is 35.9 Å². The fraction of sp³-hybridized carbons (Fsp3) is 0.273. The summed E-state index contributed by atoms with van der Waals surface area (Å²) in [5, 5.41) is 0.732. The average molecular weight is 393 g/mol. The van der Waals surface area contributed by atoms with Gasteiger partial charge in [-0.05, 0) is 36.6 Å². The number of halogens is 1. The number of hydrogen-bond acceptors (Lipinski definition) is 2. The van der Waals surface area contributed by atoms with Gasteiger partial charge in [0.1, 0.15) is 0 Å². The molecule has 5 rings (SSSR count). The minimum atomic E-state index is -0.00513. The molecule has 4 aromatic rings. The Morgan fingerprint density at radius 1 is 1.07 bits per heavy atom. The van der Waals surface area contributed by atoms with Gasteiger partial charge in [-0.3, -0.25) is 9.13 Å². The number of rotatable bonds is 4. The first-order valence-corrected chi connectivity index (χ1v) is 9.86. The third-order valence-electron chi connectivity index (χ3n) is 5.66. The summed E-state index contributed by atoms with van der Waals surface area (Å²) < 4.78 is 5.61. The summed E-state index contributed by atoms with van der Waals surface area (Å²) in [6.07, 6.45) is 4.30. The van der Waals surface area contributed by atoms with E-state index in [4.69, 9.17) is 16.6 Å². The molecule has 0 spiro atoms. The molecule has 1 saturated carbocycles. The van der Waals surface area contributed by atoms with E-state index in [0.717, 1.165) is 39.4 Å². The van der Waals surface area contributed by atoms with Crippen LogP contribution < -0.4 is 5.69 Å². The number of nitrogens with zero attached hydrogens (tertiary/aromatic N) is 4. The quantitative estimate of drug-likeness (QED) is 0.519. The Morgan fingerprint density at radius 3 is 2.57 bits per heavy atom. The summed E-state index contributed by atoms with van der Waals surface area (Å²) in [4.78, 5) is 16.9. The van der Waals surface area contributed by atoms with Crippen molar-refractivity contribution in [2.24, 2.45) is 14.1 Å². The first-order valence-electron chi connectivity index (χ1n) is 9.49.